The number of rotatable bonds is 4. The zero-order valence-corrected chi connectivity index (χ0v) is 11.9. The molecule has 21 heavy (non-hydrogen) atoms. The molecule has 1 aromatic heterocycles. The van der Waals surface area contributed by atoms with E-state index in [4.69, 9.17) is 5.11 Å². The SMILES string of the molecule is CN(C(=O)CO)c1ccc2c(c1)N(Cc1cnc[nH]1)CC2. The molecule has 0 saturated heterocycles. The van der Waals surface area contributed by atoms with Crippen LogP contribution in [-0.2, 0) is 17.8 Å². The number of H-pyrrole nitrogens is 1. The maximum absolute atomic E-state index is 11.6. The number of hydrogen-bond donors (Lipinski definition) is 2. The number of imidazole rings is 1. The van der Waals surface area contributed by atoms with Crippen molar-refractivity contribution in [2.75, 3.05) is 30.0 Å². The van der Waals surface area contributed by atoms with Gasteiger partial charge in [0.25, 0.3) is 5.91 Å². The number of likely N-dealkylation sites (N-methyl/N-ethyl adjacent to an activating group) is 1. The van der Waals surface area contributed by atoms with E-state index >= 15 is 0 Å². The first-order valence-electron chi connectivity index (χ1n) is 6.91. The van der Waals surface area contributed by atoms with Crippen molar-refractivity contribution in [2.45, 2.75) is 13.0 Å². The fourth-order valence-electron chi connectivity index (χ4n) is 2.63. The number of fused-ring (bicyclic) bond motifs is 1. The number of aromatic nitrogens is 2. The Morgan fingerprint density at radius 1 is 1.52 bits per heavy atom. The lowest BCUT2D eigenvalue weighted by Gasteiger charge is -2.21. The van der Waals surface area contributed by atoms with Gasteiger partial charge in [0, 0.05) is 31.2 Å². The van der Waals surface area contributed by atoms with Gasteiger partial charge in [-0.05, 0) is 24.1 Å². The lowest BCUT2D eigenvalue weighted by molar-refractivity contribution is -0.120. The quantitative estimate of drug-likeness (QED) is 0.877. The van der Waals surface area contributed by atoms with Crippen molar-refractivity contribution in [3.63, 3.8) is 0 Å². The molecule has 0 bridgehead atoms. The molecule has 2 heterocycles. The molecule has 0 saturated carbocycles. The summed E-state index contributed by atoms with van der Waals surface area (Å²) >= 11 is 0. The van der Waals surface area contributed by atoms with Crippen molar-refractivity contribution in [3.8, 4) is 0 Å². The van der Waals surface area contributed by atoms with Crippen LogP contribution in [0.2, 0.25) is 0 Å². The Morgan fingerprint density at radius 2 is 2.38 bits per heavy atom. The van der Waals surface area contributed by atoms with Crippen molar-refractivity contribution >= 4 is 17.3 Å². The largest absolute Gasteiger partial charge is 0.387 e. The van der Waals surface area contributed by atoms with Gasteiger partial charge in [-0.15, -0.1) is 0 Å². The first kappa shape index (κ1) is 13.6. The summed E-state index contributed by atoms with van der Waals surface area (Å²) in [6.07, 6.45) is 4.50. The van der Waals surface area contributed by atoms with Gasteiger partial charge in [-0.1, -0.05) is 6.07 Å². The van der Waals surface area contributed by atoms with E-state index < -0.39 is 6.61 Å². The number of amides is 1. The smallest absolute Gasteiger partial charge is 0.252 e. The van der Waals surface area contributed by atoms with Gasteiger partial charge in [0.05, 0.1) is 18.6 Å². The van der Waals surface area contributed by atoms with Crippen molar-refractivity contribution in [1.82, 2.24) is 9.97 Å². The van der Waals surface area contributed by atoms with Crippen LogP contribution in [0.15, 0.2) is 30.7 Å². The second kappa shape index (κ2) is 5.57. The van der Waals surface area contributed by atoms with E-state index in [0.29, 0.717) is 0 Å². The molecule has 2 aromatic rings. The summed E-state index contributed by atoms with van der Waals surface area (Å²) in [5.74, 6) is -0.312. The van der Waals surface area contributed by atoms with E-state index in [9.17, 15) is 4.79 Å². The van der Waals surface area contributed by atoms with Crippen LogP contribution in [0.25, 0.3) is 0 Å². The van der Waals surface area contributed by atoms with Crippen LogP contribution >= 0.6 is 0 Å². The normalized spacial score (nSPS) is 13.3. The Bertz CT molecular complexity index is 639. The standard InChI is InChI=1S/C15H18N4O2/c1-18(15(21)9-20)13-3-2-11-4-5-19(14(11)6-13)8-12-7-16-10-17-12/h2-3,6-7,10,20H,4-5,8-9H2,1H3,(H,16,17). The van der Waals surface area contributed by atoms with Gasteiger partial charge in [-0.25, -0.2) is 4.98 Å². The highest BCUT2D eigenvalue weighted by Gasteiger charge is 2.21. The van der Waals surface area contributed by atoms with Crippen LogP contribution in [0.4, 0.5) is 11.4 Å². The van der Waals surface area contributed by atoms with Crippen LogP contribution in [0.3, 0.4) is 0 Å². The van der Waals surface area contributed by atoms with Crippen molar-refractivity contribution in [1.29, 1.82) is 0 Å². The van der Waals surface area contributed by atoms with Crippen molar-refractivity contribution in [2.24, 2.45) is 0 Å². The predicted molar refractivity (Wildman–Crippen MR) is 80.3 cm³/mol. The molecule has 1 amide bonds. The number of nitrogens with zero attached hydrogens (tertiary/aromatic N) is 3. The lowest BCUT2D eigenvalue weighted by Crippen LogP contribution is -2.29. The summed E-state index contributed by atoms with van der Waals surface area (Å²) in [5.41, 5.74) is 4.28. The Morgan fingerprint density at radius 3 is 3.10 bits per heavy atom. The van der Waals surface area contributed by atoms with Gasteiger partial charge < -0.3 is 19.9 Å². The summed E-state index contributed by atoms with van der Waals surface area (Å²) < 4.78 is 0. The van der Waals surface area contributed by atoms with Crippen LogP contribution in [0.1, 0.15) is 11.3 Å². The Hall–Kier alpha value is -2.34. The molecule has 3 rings (SSSR count). The van der Waals surface area contributed by atoms with Crippen LogP contribution < -0.4 is 9.80 Å². The number of nitrogens with one attached hydrogen (secondary N) is 1. The molecule has 1 aliphatic heterocycles. The summed E-state index contributed by atoms with van der Waals surface area (Å²) in [4.78, 5) is 22.5. The number of benzene rings is 1. The summed E-state index contributed by atoms with van der Waals surface area (Å²) in [7, 11) is 1.68. The van der Waals surface area contributed by atoms with Crippen LogP contribution in [-0.4, -0.2) is 41.2 Å². The number of aromatic amines is 1. The van der Waals surface area contributed by atoms with Gasteiger partial charge in [-0.3, -0.25) is 4.79 Å². The molecular weight excluding hydrogens is 268 g/mol. The van der Waals surface area contributed by atoms with E-state index in [2.05, 4.69) is 20.9 Å². The zero-order chi connectivity index (χ0) is 14.8. The molecule has 6 heteroatoms. The minimum absolute atomic E-state index is 0.312. The van der Waals surface area contributed by atoms with Crippen molar-refractivity contribution in [3.05, 3.63) is 42.0 Å². The Kier molecular flexibility index (Phi) is 3.62. The van der Waals surface area contributed by atoms with Gasteiger partial charge in [0.1, 0.15) is 6.61 Å². The minimum atomic E-state index is -0.481. The average Bonchev–Trinajstić information content (AvgIpc) is 3.16. The number of carbonyl (C=O) groups excluding carboxylic acids is 1. The van der Waals surface area contributed by atoms with Gasteiger partial charge in [0.15, 0.2) is 0 Å². The number of aliphatic hydroxyl groups excluding tert-OH is 1. The maximum Gasteiger partial charge on any atom is 0.252 e. The molecule has 1 aromatic carbocycles. The summed E-state index contributed by atoms with van der Waals surface area (Å²) in [5, 5.41) is 8.97. The third-order valence-corrected chi connectivity index (χ3v) is 3.87. The van der Waals surface area contributed by atoms with Gasteiger partial charge in [0.2, 0.25) is 0 Å². The molecule has 0 aliphatic carbocycles. The van der Waals surface area contributed by atoms with Gasteiger partial charge in [-0.2, -0.15) is 0 Å². The minimum Gasteiger partial charge on any atom is -0.387 e. The number of carbonyl (C=O) groups is 1. The Balaban J connectivity index is 1.85. The highest BCUT2D eigenvalue weighted by Crippen LogP contribution is 2.32. The highest BCUT2D eigenvalue weighted by molar-refractivity contribution is 5.94. The van der Waals surface area contributed by atoms with E-state index in [1.165, 1.54) is 10.5 Å². The van der Waals surface area contributed by atoms with Crippen LogP contribution in [0.5, 0.6) is 0 Å². The highest BCUT2D eigenvalue weighted by atomic mass is 16.3. The molecule has 6 nitrogen and oxygen atoms in total. The molecule has 0 radical (unpaired) electrons. The third-order valence-electron chi connectivity index (χ3n) is 3.87. The number of hydrogen-bond acceptors (Lipinski definition) is 4. The van der Waals surface area contributed by atoms with E-state index in [1.54, 1.807) is 13.4 Å². The second-order valence-corrected chi connectivity index (χ2v) is 5.17. The first-order valence-corrected chi connectivity index (χ1v) is 6.91. The second-order valence-electron chi connectivity index (χ2n) is 5.17. The topological polar surface area (TPSA) is 72.5 Å². The molecule has 110 valence electrons. The zero-order valence-electron chi connectivity index (χ0n) is 11.9. The molecule has 0 fully saturated rings. The molecule has 2 N–H and O–H groups in total. The molecular formula is C15H18N4O2. The fourth-order valence-corrected chi connectivity index (χ4v) is 2.63. The first-order chi connectivity index (χ1) is 10.2. The average molecular weight is 286 g/mol. The van der Waals surface area contributed by atoms with E-state index in [1.807, 2.05) is 18.3 Å². The molecule has 1 aliphatic rings. The molecule has 0 spiro atoms. The van der Waals surface area contributed by atoms with E-state index in [-0.39, 0.29) is 5.91 Å². The van der Waals surface area contributed by atoms with Crippen molar-refractivity contribution < 1.29 is 9.90 Å². The molecule has 0 atom stereocenters. The molecule has 0 unspecified atom stereocenters. The van der Waals surface area contributed by atoms with Gasteiger partial charge >= 0.3 is 0 Å². The number of aliphatic hydroxyl groups is 1. The summed E-state index contributed by atoms with van der Waals surface area (Å²) in [6, 6.07) is 5.98. The van der Waals surface area contributed by atoms with E-state index in [0.717, 1.165) is 36.6 Å². The predicted octanol–water partition coefficient (Wildman–Crippen LogP) is 0.927. The maximum atomic E-state index is 11.6. The number of anilines is 2. The summed E-state index contributed by atoms with van der Waals surface area (Å²) in [6.45, 7) is 1.25. The third kappa shape index (κ3) is 2.62. The monoisotopic (exact) mass is 286 g/mol. The van der Waals surface area contributed by atoms with Crippen LogP contribution in [0, 0.1) is 0 Å². The fraction of sp³-hybridized carbons (Fsp3) is 0.333. The Labute approximate surface area is 123 Å². The lowest BCUT2D eigenvalue weighted by atomic mass is 10.1.